The summed E-state index contributed by atoms with van der Waals surface area (Å²) in [4.78, 5) is 24.1. The molecule has 2 aromatic heterocycles. The Kier molecular flexibility index (Phi) is 5.57. The summed E-state index contributed by atoms with van der Waals surface area (Å²) in [6, 6.07) is 9.42. The number of aryl methyl sites for hydroxylation is 1. The van der Waals surface area contributed by atoms with Crippen LogP contribution in [0.15, 0.2) is 65.3 Å². The summed E-state index contributed by atoms with van der Waals surface area (Å²) >= 11 is 1.25. The molecule has 0 bridgehead atoms. The highest BCUT2D eigenvalue weighted by Crippen LogP contribution is 2.36. The van der Waals surface area contributed by atoms with E-state index in [4.69, 9.17) is 0 Å². The molecule has 0 saturated carbocycles. The molecule has 0 unspecified atom stereocenters. The van der Waals surface area contributed by atoms with E-state index in [1.54, 1.807) is 12.5 Å². The lowest BCUT2D eigenvalue weighted by Crippen LogP contribution is -2.10. The predicted molar refractivity (Wildman–Crippen MR) is 94.6 cm³/mol. The summed E-state index contributed by atoms with van der Waals surface area (Å²) in [6.07, 6.45) is 7.47. The van der Waals surface area contributed by atoms with Gasteiger partial charge in [0.2, 0.25) is 5.82 Å². The van der Waals surface area contributed by atoms with Crippen LogP contribution in [-0.2, 0) is 6.54 Å². The van der Waals surface area contributed by atoms with Crippen LogP contribution in [-0.4, -0.2) is 31.0 Å². The Labute approximate surface area is 148 Å². The number of hydrogen-bond donors (Lipinski definition) is 1. The highest BCUT2D eigenvalue weighted by molar-refractivity contribution is 7.99. The van der Waals surface area contributed by atoms with Crippen LogP contribution in [0.1, 0.15) is 6.42 Å². The van der Waals surface area contributed by atoms with Gasteiger partial charge in [0.1, 0.15) is 6.33 Å². The number of imidazole rings is 1. The van der Waals surface area contributed by atoms with Gasteiger partial charge in [0.25, 0.3) is 0 Å². The molecule has 2 heterocycles. The maximum Gasteiger partial charge on any atom is 0.343 e. The zero-order chi connectivity index (χ0) is 17.5. The zero-order valence-corrected chi connectivity index (χ0v) is 14.1. The molecular formula is C16H16N6O2S. The van der Waals surface area contributed by atoms with E-state index in [9.17, 15) is 10.1 Å². The molecule has 128 valence electrons. The van der Waals surface area contributed by atoms with Crippen LogP contribution in [0.3, 0.4) is 0 Å². The quantitative estimate of drug-likeness (QED) is 0.286. The number of hydrogen-bond acceptors (Lipinski definition) is 7. The fourth-order valence-electron chi connectivity index (χ4n) is 2.22. The van der Waals surface area contributed by atoms with Gasteiger partial charge in [-0.05, 0) is 18.6 Å². The first-order chi connectivity index (χ1) is 12.2. The smallest absolute Gasteiger partial charge is 0.343 e. The largest absolute Gasteiger partial charge is 0.364 e. The molecular weight excluding hydrogens is 340 g/mol. The number of rotatable bonds is 8. The Morgan fingerprint density at radius 1 is 1.24 bits per heavy atom. The van der Waals surface area contributed by atoms with E-state index in [1.165, 1.54) is 18.1 Å². The molecule has 0 fully saturated rings. The van der Waals surface area contributed by atoms with Crippen LogP contribution in [0.25, 0.3) is 0 Å². The van der Waals surface area contributed by atoms with Gasteiger partial charge < -0.3 is 9.88 Å². The first kappa shape index (κ1) is 16.9. The minimum absolute atomic E-state index is 0.0982. The van der Waals surface area contributed by atoms with E-state index in [-0.39, 0.29) is 11.5 Å². The first-order valence-corrected chi connectivity index (χ1v) is 8.47. The maximum atomic E-state index is 11.5. The Morgan fingerprint density at radius 3 is 2.80 bits per heavy atom. The van der Waals surface area contributed by atoms with E-state index in [0.717, 1.165) is 17.9 Å². The molecule has 0 spiro atoms. The number of nitro groups is 1. The van der Waals surface area contributed by atoms with Crippen LogP contribution < -0.4 is 5.32 Å². The normalized spacial score (nSPS) is 10.6. The predicted octanol–water partition coefficient (Wildman–Crippen LogP) is 3.23. The van der Waals surface area contributed by atoms with Crippen LogP contribution in [0, 0.1) is 10.1 Å². The maximum absolute atomic E-state index is 11.5. The fraction of sp³-hybridized carbons (Fsp3) is 0.188. The molecule has 0 atom stereocenters. The van der Waals surface area contributed by atoms with Gasteiger partial charge in [0.05, 0.1) is 11.3 Å². The average molecular weight is 356 g/mol. The molecule has 3 rings (SSSR count). The molecule has 1 aromatic carbocycles. The number of nitrogens with zero attached hydrogens (tertiary/aromatic N) is 5. The van der Waals surface area contributed by atoms with Crippen LogP contribution in [0.5, 0.6) is 0 Å². The molecule has 0 amide bonds. The number of nitrogens with one attached hydrogen (secondary N) is 1. The summed E-state index contributed by atoms with van der Waals surface area (Å²) in [6.45, 7) is 1.34. The van der Waals surface area contributed by atoms with Gasteiger partial charge >= 0.3 is 5.69 Å². The SMILES string of the molecule is O=[N+]([O-])c1c(NCCCn2ccnc2)ncnc1Sc1ccccc1. The molecule has 3 aromatic rings. The number of aromatic nitrogens is 4. The Balaban J connectivity index is 1.70. The van der Waals surface area contributed by atoms with Gasteiger partial charge in [0.15, 0.2) is 5.03 Å². The standard InChI is InChI=1S/C16H16N6O2S/c23-22(24)14-15(18-7-4-9-21-10-8-17-12-21)19-11-20-16(14)25-13-5-2-1-3-6-13/h1-3,5-6,8,10-12H,4,7,9H2,(H,18,19,20). The second-order valence-electron chi connectivity index (χ2n) is 5.13. The van der Waals surface area contributed by atoms with Crippen LogP contribution in [0.4, 0.5) is 11.5 Å². The fourth-order valence-corrected chi connectivity index (χ4v) is 3.10. The van der Waals surface area contributed by atoms with E-state index in [1.807, 2.05) is 41.1 Å². The Hall–Kier alpha value is -2.94. The first-order valence-electron chi connectivity index (χ1n) is 7.66. The van der Waals surface area contributed by atoms with Crippen molar-refractivity contribution in [1.29, 1.82) is 0 Å². The minimum atomic E-state index is -0.441. The highest BCUT2D eigenvalue weighted by atomic mass is 32.2. The lowest BCUT2D eigenvalue weighted by molar-refractivity contribution is -0.387. The molecule has 0 aliphatic rings. The highest BCUT2D eigenvalue weighted by Gasteiger charge is 2.23. The van der Waals surface area contributed by atoms with Crippen molar-refractivity contribution in [3.8, 4) is 0 Å². The van der Waals surface area contributed by atoms with Crippen molar-refractivity contribution < 1.29 is 4.92 Å². The Morgan fingerprint density at radius 2 is 2.08 bits per heavy atom. The van der Waals surface area contributed by atoms with Crippen molar-refractivity contribution in [2.24, 2.45) is 0 Å². The molecule has 8 nitrogen and oxygen atoms in total. The topological polar surface area (TPSA) is 98.8 Å². The summed E-state index contributed by atoms with van der Waals surface area (Å²) < 4.78 is 1.95. The van der Waals surface area contributed by atoms with E-state index >= 15 is 0 Å². The van der Waals surface area contributed by atoms with Gasteiger partial charge in [-0.15, -0.1) is 0 Å². The molecule has 1 N–H and O–H groups in total. The van der Waals surface area contributed by atoms with Crippen molar-refractivity contribution in [2.45, 2.75) is 22.9 Å². The second-order valence-corrected chi connectivity index (χ2v) is 6.19. The minimum Gasteiger partial charge on any atom is -0.364 e. The average Bonchev–Trinajstić information content (AvgIpc) is 3.13. The molecule has 0 saturated heterocycles. The summed E-state index contributed by atoms with van der Waals surface area (Å²) in [5, 5.41) is 14.9. The molecule has 0 aliphatic carbocycles. The number of anilines is 1. The van der Waals surface area contributed by atoms with E-state index < -0.39 is 4.92 Å². The van der Waals surface area contributed by atoms with Gasteiger partial charge in [-0.3, -0.25) is 10.1 Å². The molecule has 0 aliphatic heterocycles. The van der Waals surface area contributed by atoms with Crippen molar-refractivity contribution >= 4 is 23.3 Å². The third-order valence-electron chi connectivity index (χ3n) is 3.37. The number of benzene rings is 1. The van der Waals surface area contributed by atoms with Crippen molar-refractivity contribution in [3.05, 3.63) is 65.5 Å². The Bertz CT molecular complexity index is 826. The van der Waals surface area contributed by atoms with Crippen molar-refractivity contribution in [1.82, 2.24) is 19.5 Å². The van der Waals surface area contributed by atoms with Crippen molar-refractivity contribution in [2.75, 3.05) is 11.9 Å². The van der Waals surface area contributed by atoms with Gasteiger partial charge in [-0.1, -0.05) is 30.0 Å². The van der Waals surface area contributed by atoms with Gasteiger partial charge in [-0.2, -0.15) is 0 Å². The molecule has 0 radical (unpaired) electrons. The third kappa shape index (κ3) is 4.54. The second kappa shape index (κ2) is 8.25. The zero-order valence-electron chi connectivity index (χ0n) is 13.3. The van der Waals surface area contributed by atoms with E-state index in [2.05, 4.69) is 20.3 Å². The third-order valence-corrected chi connectivity index (χ3v) is 4.37. The summed E-state index contributed by atoms with van der Waals surface area (Å²) in [7, 11) is 0. The summed E-state index contributed by atoms with van der Waals surface area (Å²) in [5.74, 6) is 0.240. The molecule has 25 heavy (non-hydrogen) atoms. The lowest BCUT2D eigenvalue weighted by atomic mass is 10.4. The summed E-state index contributed by atoms with van der Waals surface area (Å²) in [5.41, 5.74) is -0.0982. The van der Waals surface area contributed by atoms with Crippen molar-refractivity contribution in [3.63, 3.8) is 0 Å². The molecule has 9 heteroatoms. The van der Waals surface area contributed by atoms with E-state index in [0.29, 0.717) is 11.6 Å². The monoisotopic (exact) mass is 356 g/mol. The van der Waals surface area contributed by atoms with Gasteiger partial charge in [-0.25, -0.2) is 15.0 Å². The lowest BCUT2D eigenvalue weighted by Gasteiger charge is -2.08. The van der Waals surface area contributed by atoms with Crippen LogP contribution in [0.2, 0.25) is 0 Å². The van der Waals surface area contributed by atoms with Gasteiger partial charge in [0, 0.05) is 30.4 Å². The van der Waals surface area contributed by atoms with Crippen LogP contribution >= 0.6 is 11.8 Å².